The molecule has 7 heteroatoms. The lowest BCUT2D eigenvalue weighted by Gasteiger charge is -2.19. The van der Waals surface area contributed by atoms with E-state index in [0.717, 1.165) is 31.7 Å². The Morgan fingerprint density at radius 1 is 1.32 bits per heavy atom. The first-order valence-electron chi connectivity index (χ1n) is 6.96. The van der Waals surface area contributed by atoms with Gasteiger partial charge in [-0.15, -0.1) is 0 Å². The van der Waals surface area contributed by atoms with Crippen molar-refractivity contribution < 1.29 is 9.18 Å². The molecule has 0 saturated carbocycles. The van der Waals surface area contributed by atoms with Gasteiger partial charge in [-0.3, -0.25) is 4.79 Å². The molecule has 3 rings (SSSR count). The number of aromatic nitrogens is 2. The summed E-state index contributed by atoms with van der Waals surface area (Å²) >= 11 is 3.20. The second-order valence-corrected chi connectivity index (χ2v) is 5.89. The molecule has 22 heavy (non-hydrogen) atoms. The van der Waals surface area contributed by atoms with Gasteiger partial charge in [0.05, 0.1) is 11.8 Å². The molecule has 5 nitrogen and oxygen atoms in total. The van der Waals surface area contributed by atoms with Gasteiger partial charge in [0.25, 0.3) is 5.91 Å². The van der Waals surface area contributed by atoms with Crippen LogP contribution in [0.4, 0.5) is 15.9 Å². The monoisotopic (exact) mass is 364 g/mol. The third-order valence-electron chi connectivity index (χ3n) is 3.52. The lowest BCUT2D eigenvalue weighted by atomic mass is 10.2. The lowest BCUT2D eigenvalue weighted by molar-refractivity contribution is 0.102. The number of halogens is 2. The van der Waals surface area contributed by atoms with Gasteiger partial charge in [0, 0.05) is 17.6 Å². The van der Waals surface area contributed by atoms with Gasteiger partial charge in [-0.25, -0.2) is 14.4 Å². The number of hydrogen-bond donors (Lipinski definition) is 1. The summed E-state index contributed by atoms with van der Waals surface area (Å²) in [7, 11) is 0. The van der Waals surface area contributed by atoms with E-state index in [4.69, 9.17) is 0 Å². The Labute approximate surface area is 135 Å². The minimum Gasteiger partial charge on any atom is -0.355 e. The van der Waals surface area contributed by atoms with Crippen molar-refractivity contribution in [1.82, 2.24) is 9.97 Å². The molecule has 0 bridgehead atoms. The molecule has 114 valence electrons. The molecule has 1 amide bonds. The van der Waals surface area contributed by atoms with Gasteiger partial charge in [-0.1, -0.05) is 0 Å². The molecule has 1 fully saturated rings. The Morgan fingerprint density at radius 3 is 2.82 bits per heavy atom. The van der Waals surface area contributed by atoms with E-state index in [1.165, 1.54) is 24.5 Å². The first kappa shape index (κ1) is 14.9. The molecule has 2 aromatic rings. The van der Waals surface area contributed by atoms with E-state index < -0.39 is 5.82 Å². The van der Waals surface area contributed by atoms with Crippen molar-refractivity contribution in [2.24, 2.45) is 0 Å². The molecule has 1 aromatic heterocycles. The fourth-order valence-electron chi connectivity index (χ4n) is 2.46. The molecule has 1 aromatic carbocycles. The van der Waals surface area contributed by atoms with Crippen LogP contribution in [0.3, 0.4) is 0 Å². The second kappa shape index (κ2) is 6.39. The van der Waals surface area contributed by atoms with E-state index in [2.05, 4.69) is 36.1 Å². The molecule has 2 heterocycles. The van der Waals surface area contributed by atoms with Crippen molar-refractivity contribution in [1.29, 1.82) is 0 Å². The van der Waals surface area contributed by atoms with Gasteiger partial charge < -0.3 is 10.2 Å². The van der Waals surface area contributed by atoms with Gasteiger partial charge >= 0.3 is 0 Å². The molecule has 1 N–H and O–H groups in total. The molecule has 0 unspecified atom stereocenters. The summed E-state index contributed by atoms with van der Waals surface area (Å²) in [5.41, 5.74) is 0.920. The summed E-state index contributed by atoms with van der Waals surface area (Å²) in [5.74, 6) is -0.00886. The predicted molar refractivity (Wildman–Crippen MR) is 85.5 cm³/mol. The third kappa shape index (κ3) is 3.09. The maximum Gasteiger partial charge on any atom is 0.256 e. The van der Waals surface area contributed by atoms with Gasteiger partial charge in [0.1, 0.15) is 17.8 Å². The van der Waals surface area contributed by atoms with Crippen LogP contribution in [0, 0.1) is 5.82 Å². The van der Waals surface area contributed by atoms with Crippen molar-refractivity contribution in [2.75, 3.05) is 23.3 Å². The maximum atomic E-state index is 13.1. The molecule has 0 atom stereocenters. The summed E-state index contributed by atoms with van der Waals surface area (Å²) < 4.78 is 13.5. The quantitative estimate of drug-likeness (QED) is 0.908. The number of anilines is 2. The first-order valence-corrected chi connectivity index (χ1v) is 7.76. The van der Waals surface area contributed by atoms with Crippen molar-refractivity contribution in [3.05, 3.63) is 46.6 Å². The van der Waals surface area contributed by atoms with E-state index in [-0.39, 0.29) is 5.91 Å². The lowest BCUT2D eigenvalue weighted by Crippen LogP contribution is -2.22. The van der Waals surface area contributed by atoms with Crippen LogP contribution in [-0.2, 0) is 0 Å². The molecular formula is C15H14BrFN4O. The van der Waals surface area contributed by atoms with E-state index in [1.807, 2.05) is 0 Å². The Kier molecular flexibility index (Phi) is 4.33. The Bertz CT molecular complexity index is 704. The van der Waals surface area contributed by atoms with Crippen LogP contribution in [0.25, 0.3) is 0 Å². The zero-order valence-electron chi connectivity index (χ0n) is 11.7. The van der Waals surface area contributed by atoms with Gasteiger partial charge in [-0.2, -0.15) is 0 Å². The summed E-state index contributed by atoms with van der Waals surface area (Å²) in [5, 5.41) is 2.81. The average molecular weight is 365 g/mol. The smallest absolute Gasteiger partial charge is 0.256 e. The van der Waals surface area contributed by atoms with Crippen LogP contribution >= 0.6 is 15.9 Å². The number of carbonyl (C=O) groups excluding carboxylic acids is 1. The zero-order valence-corrected chi connectivity index (χ0v) is 13.3. The molecule has 0 radical (unpaired) electrons. The maximum absolute atomic E-state index is 13.1. The fourth-order valence-corrected chi connectivity index (χ4v) is 2.99. The molecule has 0 spiro atoms. The summed E-state index contributed by atoms with van der Waals surface area (Å²) in [6.07, 6.45) is 5.27. The normalized spacial score (nSPS) is 14.2. The number of nitrogens with zero attached hydrogens (tertiary/aromatic N) is 3. The summed E-state index contributed by atoms with van der Waals surface area (Å²) in [4.78, 5) is 22.7. The van der Waals surface area contributed by atoms with E-state index in [1.54, 1.807) is 6.20 Å². The van der Waals surface area contributed by atoms with Crippen LogP contribution in [0.15, 0.2) is 35.2 Å². The highest BCUT2D eigenvalue weighted by atomic mass is 79.9. The highest BCUT2D eigenvalue weighted by molar-refractivity contribution is 9.10. The molecular weight excluding hydrogens is 351 g/mol. The Balaban J connectivity index is 1.85. The fraction of sp³-hybridized carbons (Fsp3) is 0.267. The van der Waals surface area contributed by atoms with E-state index >= 15 is 0 Å². The topological polar surface area (TPSA) is 58.1 Å². The number of hydrogen-bond acceptors (Lipinski definition) is 4. The van der Waals surface area contributed by atoms with E-state index in [9.17, 15) is 9.18 Å². The van der Waals surface area contributed by atoms with Crippen LogP contribution in [0.2, 0.25) is 0 Å². The minimum atomic E-state index is -0.399. The Hall–Kier alpha value is -2.02. The highest BCUT2D eigenvalue weighted by Crippen LogP contribution is 2.26. The van der Waals surface area contributed by atoms with Crippen LogP contribution in [-0.4, -0.2) is 29.0 Å². The van der Waals surface area contributed by atoms with Crippen LogP contribution in [0.5, 0.6) is 0 Å². The van der Waals surface area contributed by atoms with Crippen molar-refractivity contribution in [3.63, 3.8) is 0 Å². The average Bonchev–Trinajstić information content (AvgIpc) is 3.01. The SMILES string of the molecule is O=C(Nc1cncnc1N1CCCC1)c1ccc(F)cc1Br. The standard InChI is InChI=1S/C15H14BrFN4O/c16-12-7-10(17)3-4-11(12)15(22)20-13-8-18-9-19-14(13)21-5-1-2-6-21/h3-4,7-9H,1-2,5-6H2,(H,20,22). The van der Waals surface area contributed by atoms with Crippen LogP contribution < -0.4 is 10.2 Å². The minimum absolute atomic E-state index is 0.331. The zero-order chi connectivity index (χ0) is 15.5. The summed E-state index contributed by atoms with van der Waals surface area (Å²) in [6.45, 7) is 1.83. The highest BCUT2D eigenvalue weighted by Gasteiger charge is 2.19. The van der Waals surface area contributed by atoms with E-state index in [0.29, 0.717) is 15.7 Å². The van der Waals surface area contributed by atoms with Gasteiger partial charge in [0.2, 0.25) is 0 Å². The van der Waals surface area contributed by atoms with Crippen molar-refractivity contribution >= 4 is 33.3 Å². The van der Waals surface area contributed by atoms with Crippen molar-refractivity contribution in [3.8, 4) is 0 Å². The summed E-state index contributed by atoms with van der Waals surface area (Å²) in [6, 6.07) is 3.95. The molecule has 1 saturated heterocycles. The number of nitrogens with one attached hydrogen (secondary N) is 1. The number of benzene rings is 1. The third-order valence-corrected chi connectivity index (χ3v) is 4.18. The number of amides is 1. The first-order chi connectivity index (χ1) is 10.6. The Morgan fingerprint density at radius 2 is 2.09 bits per heavy atom. The molecule has 1 aliphatic heterocycles. The number of rotatable bonds is 3. The molecule has 0 aliphatic carbocycles. The van der Waals surface area contributed by atoms with Crippen molar-refractivity contribution in [2.45, 2.75) is 12.8 Å². The largest absolute Gasteiger partial charge is 0.355 e. The van der Waals surface area contributed by atoms with Crippen LogP contribution in [0.1, 0.15) is 23.2 Å². The second-order valence-electron chi connectivity index (χ2n) is 5.03. The predicted octanol–water partition coefficient (Wildman–Crippen LogP) is 3.23. The van der Waals surface area contributed by atoms with Gasteiger partial charge in [0.15, 0.2) is 5.82 Å². The molecule has 1 aliphatic rings. The van der Waals surface area contributed by atoms with Gasteiger partial charge in [-0.05, 0) is 47.0 Å². The number of carbonyl (C=O) groups is 1.